The van der Waals surface area contributed by atoms with E-state index in [1.165, 1.54) is 0 Å². The molecule has 142 valence electrons. The number of hydrogen-bond donors (Lipinski definition) is 2. The number of primary amides is 1. The normalized spacial score (nSPS) is 11.5. The fourth-order valence-corrected chi connectivity index (χ4v) is 2.80. The van der Waals surface area contributed by atoms with Crippen LogP contribution in [0, 0.1) is 13.8 Å². The molecule has 3 aromatic rings. The third-order valence-electron chi connectivity index (χ3n) is 4.38. The lowest BCUT2D eigenvalue weighted by Gasteiger charge is -2.20. The van der Waals surface area contributed by atoms with E-state index >= 15 is 0 Å². The van der Waals surface area contributed by atoms with Gasteiger partial charge in [-0.05, 0) is 55.3 Å². The Balaban J connectivity index is 1.87. The number of benzene rings is 3. The molecular formula is C23H22N2O3. The Kier molecular flexibility index (Phi) is 5.75. The van der Waals surface area contributed by atoms with Gasteiger partial charge in [0.2, 0.25) is 12.0 Å². The standard InChI is InChI=1S/C23H22N2O3/c1-15-8-9-16(2)20(14-15)25-23(27)21(17-6-4-3-5-7-17)28-19-12-10-18(11-13-19)22(24)26/h3-14,21H,1-2H3,(H2,24,26)(H,25,27)/t21-/m0/s1. The minimum Gasteiger partial charge on any atom is -0.476 e. The fraction of sp³-hybridized carbons (Fsp3) is 0.130. The molecule has 0 heterocycles. The highest BCUT2D eigenvalue weighted by molar-refractivity contribution is 5.96. The van der Waals surface area contributed by atoms with Crippen LogP contribution in [0.3, 0.4) is 0 Å². The predicted molar refractivity (Wildman–Crippen MR) is 109 cm³/mol. The Labute approximate surface area is 164 Å². The van der Waals surface area contributed by atoms with Gasteiger partial charge in [0.15, 0.2) is 0 Å². The first-order valence-corrected chi connectivity index (χ1v) is 8.93. The van der Waals surface area contributed by atoms with Crippen molar-refractivity contribution in [2.24, 2.45) is 5.73 Å². The van der Waals surface area contributed by atoms with Crippen LogP contribution in [0.4, 0.5) is 5.69 Å². The lowest BCUT2D eigenvalue weighted by molar-refractivity contribution is -0.123. The van der Waals surface area contributed by atoms with Gasteiger partial charge in [-0.2, -0.15) is 0 Å². The SMILES string of the molecule is Cc1ccc(C)c(NC(=O)[C@@H](Oc2ccc(C(N)=O)cc2)c2ccccc2)c1. The van der Waals surface area contributed by atoms with Gasteiger partial charge in [-0.15, -0.1) is 0 Å². The summed E-state index contributed by atoms with van der Waals surface area (Å²) < 4.78 is 5.98. The monoisotopic (exact) mass is 374 g/mol. The highest BCUT2D eigenvalue weighted by Gasteiger charge is 2.23. The maximum atomic E-state index is 13.0. The molecule has 0 aliphatic heterocycles. The maximum Gasteiger partial charge on any atom is 0.270 e. The Morgan fingerprint density at radius 2 is 1.61 bits per heavy atom. The minimum absolute atomic E-state index is 0.279. The molecule has 0 fully saturated rings. The molecular weight excluding hydrogens is 352 g/mol. The zero-order valence-corrected chi connectivity index (χ0v) is 15.8. The number of nitrogens with two attached hydrogens (primary N) is 1. The third-order valence-corrected chi connectivity index (χ3v) is 4.38. The van der Waals surface area contributed by atoms with E-state index in [0.717, 1.165) is 22.4 Å². The molecule has 0 spiro atoms. The Hall–Kier alpha value is -3.60. The van der Waals surface area contributed by atoms with Crippen LogP contribution in [0.2, 0.25) is 0 Å². The summed E-state index contributed by atoms with van der Waals surface area (Å²) in [6.07, 6.45) is -0.847. The highest BCUT2D eigenvalue weighted by Crippen LogP contribution is 2.25. The van der Waals surface area contributed by atoms with E-state index in [4.69, 9.17) is 10.5 Å². The number of anilines is 1. The van der Waals surface area contributed by atoms with Gasteiger partial charge in [0.25, 0.3) is 5.91 Å². The second-order valence-corrected chi connectivity index (χ2v) is 6.60. The molecule has 0 bridgehead atoms. The Morgan fingerprint density at radius 1 is 0.929 bits per heavy atom. The smallest absolute Gasteiger partial charge is 0.270 e. The van der Waals surface area contributed by atoms with Gasteiger partial charge >= 0.3 is 0 Å². The van der Waals surface area contributed by atoms with Crippen LogP contribution in [-0.2, 0) is 4.79 Å². The molecule has 3 aromatic carbocycles. The largest absolute Gasteiger partial charge is 0.476 e. The number of hydrogen-bond acceptors (Lipinski definition) is 3. The molecule has 3 rings (SSSR count). The van der Waals surface area contributed by atoms with Crippen molar-refractivity contribution in [3.8, 4) is 5.75 Å². The predicted octanol–water partition coefficient (Wildman–Crippen LogP) is 4.16. The highest BCUT2D eigenvalue weighted by atomic mass is 16.5. The molecule has 0 radical (unpaired) electrons. The number of carbonyl (C=O) groups excluding carboxylic acids is 2. The molecule has 0 aromatic heterocycles. The van der Waals surface area contributed by atoms with E-state index in [0.29, 0.717) is 11.3 Å². The van der Waals surface area contributed by atoms with Crippen LogP contribution < -0.4 is 15.8 Å². The van der Waals surface area contributed by atoms with Crippen LogP contribution in [0.5, 0.6) is 5.75 Å². The van der Waals surface area contributed by atoms with Crippen molar-refractivity contribution < 1.29 is 14.3 Å². The van der Waals surface area contributed by atoms with Crippen molar-refractivity contribution in [2.45, 2.75) is 20.0 Å². The van der Waals surface area contributed by atoms with Gasteiger partial charge in [0, 0.05) is 16.8 Å². The zero-order chi connectivity index (χ0) is 20.1. The molecule has 28 heavy (non-hydrogen) atoms. The van der Waals surface area contributed by atoms with Gasteiger partial charge in [-0.1, -0.05) is 42.5 Å². The summed E-state index contributed by atoms with van der Waals surface area (Å²) in [5.41, 5.74) is 9.15. The zero-order valence-electron chi connectivity index (χ0n) is 15.8. The van der Waals surface area contributed by atoms with Gasteiger partial charge in [-0.25, -0.2) is 0 Å². The number of carbonyl (C=O) groups is 2. The molecule has 1 atom stereocenters. The van der Waals surface area contributed by atoms with Crippen LogP contribution in [-0.4, -0.2) is 11.8 Å². The number of amides is 2. The number of nitrogens with one attached hydrogen (secondary N) is 1. The summed E-state index contributed by atoms with van der Waals surface area (Å²) in [5.74, 6) is -0.326. The van der Waals surface area contributed by atoms with Crippen molar-refractivity contribution in [1.29, 1.82) is 0 Å². The molecule has 0 saturated heterocycles. The molecule has 3 N–H and O–H groups in total. The van der Waals surface area contributed by atoms with E-state index in [2.05, 4.69) is 5.32 Å². The molecule has 2 amide bonds. The number of ether oxygens (including phenoxy) is 1. The lowest BCUT2D eigenvalue weighted by atomic mass is 10.1. The molecule has 0 aliphatic carbocycles. The van der Waals surface area contributed by atoms with Crippen LogP contribution in [0.1, 0.15) is 33.2 Å². The van der Waals surface area contributed by atoms with Crippen LogP contribution in [0.15, 0.2) is 72.8 Å². The maximum absolute atomic E-state index is 13.0. The second-order valence-electron chi connectivity index (χ2n) is 6.60. The van der Waals surface area contributed by atoms with E-state index in [1.807, 2.05) is 62.4 Å². The van der Waals surface area contributed by atoms with E-state index < -0.39 is 12.0 Å². The van der Waals surface area contributed by atoms with Gasteiger partial charge in [-0.3, -0.25) is 9.59 Å². The molecule has 0 saturated carbocycles. The van der Waals surface area contributed by atoms with Gasteiger partial charge in [0.05, 0.1) is 0 Å². The van der Waals surface area contributed by atoms with E-state index in [9.17, 15) is 9.59 Å². The van der Waals surface area contributed by atoms with Crippen molar-refractivity contribution in [3.63, 3.8) is 0 Å². The van der Waals surface area contributed by atoms with Crippen molar-refractivity contribution in [3.05, 3.63) is 95.1 Å². The topological polar surface area (TPSA) is 81.4 Å². The van der Waals surface area contributed by atoms with Crippen LogP contribution >= 0.6 is 0 Å². The summed E-state index contributed by atoms with van der Waals surface area (Å²) in [6, 6.07) is 21.5. The molecule has 0 unspecified atom stereocenters. The first-order chi connectivity index (χ1) is 13.4. The molecule has 0 aliphatic rings. The van der Waals surface area contributed by atoms with Crippen molar-refractivity contribution >= 4 is 17.5 Å². The van der Waals surface area contributed by atoms with E-state index in [-0.39, 0.29) is 5.91 Å². The molecule has 5 nitrogen and oxygen atoms in total. The first-order valence-electron chi connectivity index (χ1n) is 8.93. The van der Waals surface area contributed by atoms with Gasteiger partial charge in [0.1, 0.15) is 5.75 Å². The average Bonchev–Trinajstić information content (AvgIpc) is 2.70. The average molecular weight is 374 g/mol. The quantitative estimate of drug-likeness (QED) is 0.680. The Morgan fingerprint density at radius 3 is 2.25 bits per heavy atom. The summed E-state index contributed by atoms with van der Waals surface area (Å²) in [6.45, 7) is 3.91. The van der Waals surface area contributed by atoms with E-state index in [1.54, 1.807) is 24.3 Å². The van der Waals surface area contributed by atoms with Crippen LogP contribution in [0.25, 0.3) is 0 Å². The van der Waals surface area contributed by atoms with Crippen molar-refractivity contribution in [1.82, 2.24) is 0 Å². The number of rotatable bonds is 6. The lowest BCUT2D eigenvalue weighted by Crippen LogP contribution is -2.26. The fourth-order valence-electron chi connectivity index (χ4n) is 2.80. The minimum atomic E-state index is -0.847. The molecule has 5 heteroatoms. The Bertz CT molecular complexity index is 982. The van der Waals surface area contributed by atoms with Gasteiger partial charge < -0.3 is 15.8 Å². The third kappa shape index (κ3) is 4.57. The second kappa shape index (κ2) is 8.39. The summed E-state index contributed by atoms with van der Waals surface area (Å²) in [5, 5.41) is 2.96. The summed E-state index contributed by atoms with van der Waals surface area (Å²) in [7, 11) is 0. The first kappa shape index (κ1) is 19.2. The summed E-state index contributed by atoms with van der Waals surface area (Å²) in [4.78, 5) is 24.3. The summed E-state index contributed by atoms with van der Waals surface area (Å²) >= 11 is 0. The van der Waals surface area contributed by atoms with Crippen molar-refractivity contribution in [2.75, 3.05) is 5.32 Å². The number of aryl methyl sites for hydroxylation is 2.